The van der Waals surface area contributed by atoms with Crippen molar-refractivity contribution < 1.29 is 0 Å². The molecule has 0 aromatic carbocycles. The zero-order valence-corrected chi connectivity index (χ0v) is 17.5. The summed E-state index contributed by atoms with van der Waals surface area (Å²) >= 11 is 0. The molecule has 0 saturated carbocycles. The van der Waals surface area contributed by atoms with Gasteiger partial charge in [0.1, 0.15) is 0 Å². The summed E-state index contributed by atoms with van der Waals surface area (Å²) < 4.78 is 0. The van der Waals surface area contributed by atoms with Crippen molar-refractivity contribution in [2.24, 2.45) is 29.6 Å². The molecule has 1 heterocycles. The van der Waals surface area contributed by atoms with Crippen molar-refractivity contribution in [1.82, 2.24) is 4.90 Å². The molecule has 138 valence electrons. The van der Waals surface area contributed by atoms with Crippen molar-refractivity contribution in [2.75, 3.05) is 13.1 Å². The molecule has 1 rings (SSSR count). The zero-order chi connectivity index (χ0) is 17.6. The van der Waals surface area contributed by atoms with Crippen molar-refractivity contribution in [3.63, 3.8) is 0 Å². The lowest BCUT2D eigenvalue weighted by Crippen LogP contribution is -2.48. The van der Waals surface area contributed by atoms with Crippen LogP contribution in [0.15, 0.2) is 0 Å². The third-order valence-electron chi connectivity index (χ3n) is 6.97. The van der Waals surface area contributed by atoms with Gasteiger partial charge >= 0.3 is 0 Å². The predicted octanol–water partition coefficient (Wildman–Crippen LogP) is 6.62. The summed E-state index contributed by atoms with van der Waals surface area (Å²) in [5.74, 6) is 4.26. The zero-order valence-electron chi connectivity index (χ0n) is 17.5. The summed E-state index contributed by atoms with van der Waals surface area (Å²) in [6.07, 6.45) is 8.50. The SMILES string of the molecule is CC(C)C1CCCCN(C(C)(C)C(C)C)CCCC(C(C)C)C1. The van der Waals surface area contributed by atoms with Crippen LogP contribution in [0.5, 0.6) is 0 Å². The fraction of sp³-hybridized carbons (Fsp3) is 1.00. The van der Waals surface area contributed by atoms with Crippen LogP contribution in [0, 0.1) is 29.6 Å². The van der Waals surface area contributed by atoms with Gasteiger partial charge in [0, 0.05) is 5.54 Å². The predicted molar refractivity (Wildman–Crippen MR) is 105 cm³/mol. The Labute approximate surface area is 147 Å². The van der Waals surface area contributed by atoms with E-state index in [0.29, 0.717) is 5.54 Å². The van der Waals surface area contributed by atoms with E-state index in [1.807, 2.05) is 0 Å². The van der Waals surface area contributed by atoms with Crippen LogP contribution in [-0.2, 0) is 0 Å². The number of hydrogen-bond acceptors (Lipinski definition) is 1. The maximum absolute atomic E-state index is 2.80. The van der Waals surface area contributed by atoms with Gasteiger partial charge in [0.15, 0.2) is 0 Å². The highest BCUT2D eigenvalue weighted by molar-refractivity contribution is 4.85. The highest BCUT2D eigenvalue weighted by Gasteiger charge is 2.30. The molecule has 23 heavy (non-hydrogen) atoms. The summed E-state index contributed by atoms with van der Waals surface area (Å²) in [4.78, 5) is 2.80. The van der Waals surface area contributed by atoms with E-state index < -0.39 is 0 Å². The van der Waals surface area contributed by atoms with Crippen molar-refractivity contribution >= 4 is 0 Å². The van der Waals surface area contributed by atoms with Crippen LogP contribution in [-0.4, -0.2) is 23.5 Å². The van der Waals surface area contributed by atoms with Gasteiger partial charge in [0.2, 0.25) is 0 Å². The number of rotatable bonds is 4. The molecule has 0 aliphatic carbocycles. The maximum Gasteiger partial charge on any atom is 0.0176 e. The van der Waals surface area contributed by atoms with Gasteiger partial charge in [-0.3, -0.25) is 4.90 Å². The third-order valence-corrected chi connectivity index (χ3v) is 6.97. The van der Waals surface area contributed by atoms with Gasteiger partial charge in [0.05, 0.1) is 0 Å². The average Bonchev–Trinajstić information content (AvgIpc) is 2.49. The summed E-state index contributed by atoms with van der Waals surface area (Å²) in [5, 5.41) is 0. The first kappa shape index (κ1) is 21.0. The van der Waals surface area contributed by atoms with E-state index in [1.165, 1.54) is 51.6 Å². The van der Waals surface area contributed by atoms with E-state index in [4.69, 9.17) is 0 Å². The topological polar surface area (TPSA) is 3.24 Å². The summed E-state index contributed by atoms with van der Waals surface area (Å²) in [6.45, 7) is 22.0. The Morgan fingerprint density at radius 2 is 1.22 bits per heavy atom. The van der Waals surface area contributed by atoms with Crippen molar-refractivity contribution in [1.29, 1.82) is 0 Å². The first-order chi connectivity index (χ1) is 10.7. The van der Waals surface area contributed by atoms with Crippen LogP contribution in [0.1, 0.15) is 93.9 Å². The summed E-state index contributed by atoms with van der Waals surface area (Å²) in [6, 6.07) is 0. The Morgan fingerprint density at radius 1 is 0.739 bits per heavy atom. The fourth-order valence-electron chi connectivity index (χ4n) is 4.14. The Hall–Kier alpha value is -0.0400. The van der Waals surface area contributed by atoms with Crippen LogP contribution < -0.4 is 0 Å². The second kappa shape index (κ2) is 9.44. The van der Waals surface area contributed by atoms with E-state index in [-0.39, 0.29) is 0 Å². The average molecular weight is 324 g/mol. The molecule has 1 fully saturated rings. The number of hydrogen-bond donors (Lipinski definition) is 0. The summed E-state index contributed by atoms with van der Waals surface area (Å²) in [7, 11) is 0. The highest BCUT2D eigenvalue weighted by atomic mass is 15.2. The maximum atomic E-state index is 2.80. The number of nitrogens with zero attached hydrogens (tertiary/aromatic N) is 1. The van der Waals surface area contributed by atoms with E-state index in [2.05, 4.69) is 60.3 Å². The van der Waals surface area contributed by atoms with E-state index in [1.54, 1.807) is 0 Å². The quantitative estimate of drug-likeness (QED) is 0.562. The van der Waals surface area contributed by atoms with Crippen molar-refractivity contribution in [3.8, 4) is 0 Å². The van der Waals surface area contributed by atoms with Gasteiger partial charge in [-0.05, 0) is 82.2 Å². The fourth-order valence-corrected chi connectivity index (χ4v) is 4.14. The molecule has 0 aromatic rings. The van der Waals surface area contributed by atoms with E-state index in [0.717, 1.165) is 29.6 Å². The van der Waals surface area contributed by atoms with Crippen LogP contribution >= 0.6 is 0 Å². The molecule has 2 atom stereocenters. The summed E-state index contributed by atoms with van der Waals surface area (Å²) in [5.41, 5.74) is 0.332. The molecule has 1 aliphatic heterocycles. The molecular weight excluding hydrogens is 278 g/mol. The van der Waals surface area contributed by atoms with Crippen molar-refractivity contribution in [2.45, 2.75) is 99.5 Å². The Kier molecular flexibility index (Phi) is 8.63. The van der Waals surface area contributed by atoms with Gasteiger partial charge in [-0.1, -0.05) is 54.4 Å². The molecule has 0 amide bonds. The standard InChI is InChI=1S/C22H45N/c1-17(2)20-12-9-10-14-23(22(7,8)19(5)6)15-11-13-21(16-20)18(3)4/h17-21H,9-16H2,1-8H3. The minimum absolute atomic E-state index is 0.332. The smallest absolute Gasteiger partial charge is 0.0176 e. The second-order valence-corrected chi connectivity index (χ2v) is 9.68. The monoisotopic (exact) mass is 323 g/mol. The molecule has 0 aromatic heterocycles. The third kappa shape index (κ3) is 6.40. The molecule has 0 N–H and O–H groups in total. The normalized spacial score (nSPS) is 26.7. The highest BCUT2D eigenvalue weighted by Crippen LogP contribution is 2.33. The molecule has 0 bridgehead atoms. The first-order valence-electron chi connectivity index (χ1n) is 10.4. The van der Waals surface area contributed by atoms with Gasteiger partial charge in [0.25, 0.3) is 0 Å². The lowest BCUT2D eigenvalue weighted by molar-refractivity contribution is 0.0711. The molecule has 0 spiro atoms. The Bertz CT molecular complexity index is 316. The minimum atomic E-state index is 0.332. The van der Waals surface area contributed by atoms with E-state index >= 15 is 0 Å². The van der Waals surface area contributed by atoms with Gasteiger partial charge < -0.3 is 0 Å². The van der Waals surface area contributed by atoms with Crippen LogP contribution in [0.25, 0.3) is 0 Å². The van der Waals surface area contributed by atoms with Crippen molar-refractivity contribution in [3.05, 3.63) is 0 Å². The first-order valence-corrected chi connectivity index (χ1v) is 10.4. The molecule has 0 radical (unpaired) electrons. The Balaban J connectivity index is 2.80. The minimum Gasteiger partial charge on any atom is -0.298 e. The Morgan fingerprint density at radius 3 is 1.70 bits per heavy atom. The molecule has 2 unspecified atom stereocenters. The van der Waals surface area contributed by atoms with Gasteiger partial charge in [-0.15, -0.1) is 0 Å². The lowest BCUT2D eigenvalue weighted by Gasteiger charge is -2.42. The largest absolute Gasteiger partial charge is 0.298 e. The van der Waals surface area contributed by atoms with E-state index in [9.17, 15) is 0 Å². The molecule has 1 heteroatoms. The second-order valence-electron chi connectivity index (χ2n) is 9.68. The lowest BCUT2D eigenvalue weighted by atomic mass is 9.77. The van der Waals surface area contributed by atoms with Gasteiger partial charge in [-0.2, -0.15) is 0 Å². The molecule has 1 aliphatic rings. The molecule has 1 nitrogen and oxygen atoms in total. The molecule has 1 saturated heterocycles. The van der Waals surface area contributed by atoms with Gasteiger partial charge in [-0.25, -0.2) is 0 Å². The molecular formula is C22H45N. The van der Waals surface area contributed by atoms with Crippen LogP contribution in [0.3, 0.4) is 0 Å². The van der Waals surface area contributed by atoms with Crippen LogP contribution in [0.4, 0.5) is 0 Å². The van der Waals surface area contributed by atoms with Crippen LogP contribution in [0.2, 0.25) is 0 Å².